The first-order valence-electron chi connectivity index (χ1n) is 5.32. The summed E-state index contributed by atoms with van der Waals surface area (Å²) >= 11 is 3.17. The Morgan fingerprint density at radius 3 is 2.67 bits per heavy atom. The number of rotatable bonds is 6. The van der Waals surface area contributed by atoms with Crippen LogP contribution in [0, 0.1) is 11.7 Å². The van der Waals surface area contributed by atoms with Gasteiger partial charge in [0.2, 0.25) is 9.05 Å². The van der Waals surface area contributed by atoms with Gasteiger partial charge < -0.3 is 4.74 Å². The van der Waals surface area contributed by atoms with Gasteiger partial charge in [0.15, 0.2) is 0 Å². The first-order chi connectivity index (χ1) is 8.31. The minimum atomic E-state index is -3.54. The molecule has 0 bridgehead atoms. The van der Waals surface area contributed by atoms with Crippen LogP contribution in [0.25, 0.3) is 0 Å². The summed E-state index contributed by atoms with van der Waals surface area (Å²) in [4.78, 5) is 0. The molecule has 1 aromatic carbocycles. The molecule has 0 fully saturated rings. The molecular weight excluding hydrogens is 347 g/mol. The Morgan fingerprint density at radius 1 is 1.50 bits per heavy atom. The van der Waals surface area contributed by atoms with E-state index in [9.17, 15) is 12.8 Å². The van der Waals surface area contributed by atoms with Crippen LogP contribution < -0.4 is 4.74 Å². The zero-order valence-corrected chi connectivity index (χ0v) is 12.9. The number of halogens is 3. The molecule has 0 heterocycles. The summed E-state index contributed by atoms with van der Waals surface area (Å²) in [6.07, 6.45) is 0.630. The molecule has 0 spiro atoms. The van der Waals surface area contributed by atoms with E-state index in [1.54, 1.807) is 0 Å². The Labute approximate surface area is 119 Å². The largest absolute Gasteiger partial charge is 0.492 e. The third-order valence-electron chi connectivity index (χ3n) is 2.38. The summed E-state index contributed by atoms with van der Waals surface area (Å²) in [7, 11) is 1.66. The second-order valence-electron chi connectivity index (χ2n) is 3.87. The molecule has 1 aromatic rings. The van der Waals surface area contributed by atoms with Gasteiger partial charge in [-0.3, -0.25) is 0 Å². The maximum Gasteiger partial charge on any atom is 0.232 e. The predicted octanol–water partition coefficient (Wildman–Crippen LogP) is 3.56. The molecule has 0 aliphatic heterocycles. The molecule has 1 atom stereocenters. The van der Waals surface area contributed by atoms with E-state index < -0.39 is 9.05 Å². The summed E-state index contributed by atoms with van der Waals surface area (Å²) in [6, 6.07) is 4.05. The molecule has 0 N–H and O–H groups in total. The summed E-state index contributed by atoms with van der Waals surface area (Å²) < 4.78 is 40.7. The van der Waals surface area contributed by atoms with Gasteiger partial charge in [0.05, 0.1) is 16.8 Å². The van der Waals surface area contributed by atoms with Crippen LogP contribution in [0.2, 0.25) is 0 Å². The molecule has 0 aliphatic rings. The first kappa shape index (κ1) is 15.7. The molecule has 0 amide bonds. The van der Waals surface area contributed by atoms with Crippen LogP contribution in [-0.4, -0.2) is 20.8 Å². The number of hydrogen-bond acceptors (Lipinski definition) is 3. The van der Waals surface area contributed by atoms with Crippen LogP contribution >= 0.6 is 26.6 Å². The van der Waals surface area contributed by atoms with Crippen molar-refractivity contribution in [1.29, 1.82) is 0 Å². The highest BCUT2D eigenvalue weighted by atomic mass is 79.9. The maximum atomic E-state index is 12.9. The number of hydrogen-bond donors (Lipinski definition) is 0. The van der Waals surface area contributed by atoms with Gasteiger partial charge in [-0.1, -0.05) is 6.92 Å². The SMILES string of the molecule is CCC(COc1ccc(F)cc1Br)CS(=O)(=O)Cl. The van der Waals surface area contributed by atoms with Crippen molar-refractivity contribution >= 4 is 35.7 Å². The van der Waals surface area contributed by atoms with Gasteiger partial charge in [0, 0.05) is 16.6 Å². The highest BCUT2D eigenvalue weighted by Gasteiger charge is 2.16. The van der Waals surface area contributed by atoms with Gasteiger partial charge >= 0.3 is 0 Å². The van der Waals surface area contributed by atoms with Gasteiger partial charge in [-0.25, -0.2) is 12.8 Å². The number of benzene rings is 1. The van der Waals surface area contributed by atoms with Crippen molar-refractivity contribution in [3.63, 3.8) is 0 Å². The summed E-state index contributed by atoms with van der Waals surface area (Å²) in [5.41, 5.74) is 0. The fraction of sp³-hybridized carbons (Fsp3) is 0.455. The standard InChI is InChI=1S/C11H13BrClFO3S/c1-2-8(7-18(13,15)16)6-17-11-4-3-9(14)5-10(11)12/h3-5,8H,2,6-7H2,1H3. The molecule has 3 nitrogen and oxygen atoms in total. The lowest BCUT2D eigenvalue weighted by Gasteiger charge is -2.15. The van der Waals surface area contributed by atoms with Gasteiger partial charge in [-0.2, -0.15) is 0 Å². The second-order valence-corrected chi connectivity index (χ2v) is 7.54. The fourth-order valence-electron chi connectivity index (χ4n) is 1.37. The molecule has 7 heteroatoms. The lowest BCUT2D eigenvalue weighted by Crippen LogP contribution is -2.19. The van der Waals surface area contributed by atoms with Gasteiger partial charge in [-0.15, -0.1) is 0 Å². The van der Waals surface area contributed by atoms with Crippen LogP contribution in [-0.2, 0) is 9.05 Å². The molecule has 1 unspecified atom stereocenters. The molecule has 0 saturated carbocycles. The Kier molecular flexibility index (Phi) is 5.88. The van der Waals surface area contributed by atoms with Crippen molar-refractivity contribution in [3.05, 3.63) is 28.5 Å². The van der Waals surface area contributed by atoms with Gasteiger partial charge in [0.25, 0.3) is 0 Å². The van der Waals surface area contributed by atoms with E-state index in [2.05, 4.69) is 15.9 Å². The van der Waals surface area contributed by atoms with Gasteiger partial charge in [-0.05, 0) is 40.5 Å². The Hall–Kier alpha value is -0.330. The molecule has 0 aliphatic carbocycles. The predicted molar refractivity (Wildman–Crippen MR) is 73.0 cm³/mol. The average molecular weight is 360 g/mol. The molecule has 18 heavy (non-hydrogen) atoms. The van der Waals surface area contributed by atoms with Crippen LogP contribution in [0.5, 0.6) is 5.75 Å². The van der Waals surface area contributed by atoms with E-state index in [0.29, 0.717) is 16.6 Å². The smallest absolute Gasteiger partial charge is 0.232 e. The zero-order chi connectivity index (χ0) is 13.8. The Bertz CT molecular complexity index is 507. The zero-order valence-electron chi connectivity index (χ0n) is 9.70. The molecule has 0 radical (unpaired) electrons. The lowest BCUT2D eigenvalue weighted by molar-refractivity contribution is 0.256. The second kappa shape index (κ2) is 6.73. The van der Waals surface area contributed by atoms with Crippen molar-refractivity contribution in [2.45, 2.75) is 13.3 Å². The number of ether oxygens (including phenoxy) is 1. The minimum absolute atomic E-state index is 0.135. The molecule has 1 rings (SSSR count). The van der Waals surface area contributed by atoms with E-state index >= 15 is 0 Å². The average Bonchev–Trinajstić information content (AvgIpc) is 2.24. The molecule has 0 saturated heterocycles. The van der Waals surface area contributed by atoms with Crippen molar-refractivity contribution in [3.8, 4) is 5.75 Å². The normalized spacial score (nSPS) is 13.3. The first-order valence-corrected chi connectivity index (χ1v) is 8.59. The van der Waals surface area contributed by atoms with Crippen molar-refractivity contribution in [2.75, 3.05) is 12.4 Å². The van der Waals surface area contributed by atoms with Crippen LogP contribution in [0.1, 0.15) is 13.3 Å². The fourth-order valence-corrected chi connectivity index (χ4v) is 3.26. The molecular formula is C11H13BrClFO3S. The lowest BCUT2D eigenvalue weighted by atomic mass is 10.1. The molecule has 0 aromatic heterocycles. The summed E-state index contributed by atoms with van der Waals surface area (Å²) in [5.74, 6) is -0.222. The Balaban J connectivity index is 2.62. The highest BCUT2D eigenvalue weighted by Crippen LogP contribution is 2.26. The topological polar surface area (TPSA) is 43.4 Å². The monoisotopic (exact) mass is 358 g/mol. The quantitative estimate of drug-likeness (QED) is 0.729. The summed E-state index contributed by atoms with van der Waals surface area (Å²) in [5, 5.41) is 0. The minimum Gasteiger partial charge on any atom is -0.492 e. The third-order valence-corrected chi connectivity index (χ3v) is 4.25. The van der Waals surface area contributed by atoms with Crippen LogP contribution in [0.4, 0.5) is 4.39 Å². The van der Waals surface area contributed by atoms with Crippen molar-refractivity contribution in [1.82, 2.24) is 0 Å². The van der Waals surface area contributed by atoms with Crippen molar-refractivity contribution < 1.29 is 17.5 Å². The highest BCUT2D eigenvalue weighted by molar-refractivity contribution is 9.10. The van der Waals surface area contributed by atoms with Crippen molar-refractivity contribution in [2.24, 2.45) is 5.92 Å². The van der Waals surface area contributed by atoms with Crippen LogP contribution in [0.3, 0.4) is 0 Å². The van der Waals surface area contributed by atoms with E-state index in [4.69, 9.17) is 15.4 Å². The van der Waals surface area contributed by atoms with E-state index in [1.807, 2.05) is 6.92 Å². The Morgan fingerprint density at radius 2 is 2.17 bits per heavy atom. The molecule has 102 valence electrons. The van der Waals surface area contributed by atoms with E-state index in [-0.39, 0.29) is 24.1 Å². The van der Waals surface area contributed by atoms with Gasteiger partial charge in [0.1, 0.15) is 11.6 Å². The maximum absolute atomic E-state index is 12.9. The summed E-state index contributed by atoms with van der Waals surface area (Å²) in [6.45, 7) is 2.07. The third kappa shape index (κ3) is 5.54. The van der Waals surface area contributed by atoms with Crippen LogP contribution in [0.15, 0.2) is 22.7 Å². The van der Waals surface area contributed by atoms with E-state index in [1.165, 1.54) is 18.2 Å². The van der Waals surface area contributed by atoms with E-state index in [0.717, 1.165) is 0 Å².